The van der Waals surface area contributed by atoms with Crippen LogP contribution in [0.25, 0.3) is 11.4 Å². The summed E-state index contributed by atoms with van der Waals surface area (Å²) in [6.45, 7) is 1.75. The van der Waals surface area contributed by atoms with Crippen LogP contribution in [0.3, 0.4) is 0 Å². The van der Waals surface area contributed by atoms with Crippen molar-refractivity contribution in [1.29, 1.82) is 0 Å². The van der Waals surface area contributed by atoms with Gasteiger partial charge < -0.3 is 10.2 Å². The van der Waals surface area contributed by atoms with Gasteiger partial charge in [-0.15, -0.1) is 0 Å². The van der Waals surface area contributed by atoms with Crippen LogP contribution in [0.2, 0.25) is 0 Å². The molecule has 6 nitrogen and oxygen atoms in total. The Balaban J connectivity index is 2.11. The zero-order valence-electron chi connectivity index (χ0n) is 12.9. The van der Waals surface area contributed by atoms with Crippen LogP contribution in [0.4, 0.5) is 0 Å². The summed E-state index contributed by atoms with van der Waals surface area (Å²) in [5, 5.41) is 31.5. The van der Waals surface area contributed by atoms with Crippen LogP contribution in [0.15, 0.2) is 44.4 Å². The Morgan fingerprint density at radius 3 is 2.52 bits per heavy atom. The van der Waals surface area contributed by atoms with Gasteiger partial charge in [-0.05, 0) is 56.6 Å². The number of rotatable bonds is 3. The van der Waals surface area contributed by atoms with Gasteiger partial charge in [-0.1, -0.05) is 30.3 Å². The van der Waals surface area contributed by atoms with Crippen molar-refractivity contribution in [1.82, 2.24) is 14.9 Å². The van der Waals surface area contributed by atoms with E-state index in [-0.39, 0.29) is 16.0 Å². The van der Waals surface area contributed by atoms with Crippen LogP contribution in [-0.2, 0) is 0 Å². The molecule has 9 heteroatoms. The molecule has 0 atom stereocenters. The Hall–Kier alpha value is -1.97. The molecule has 0 spiro atoms. The van der Waals surface area contributed by atoms with E-state index in [0.29, 0.717) is 26.2 Å². The average molecular weight is 484 g/mol. The van der Waals surface area contributed by atoms with Gasteiger partial charge in [0.2, 0.25) is 4.77 Å². The largest absolute Gasteiger partial charge is 0.506 e. The van der Waals surface area contributed by atoms with Gasteiger partial charge in [-0.25, -0.2) is 5.10 Å². The van der Waals surface area contributed by atoms with Crippen LogP contribution in [0.5, 0.6) is 11.5 Å². The van der Waals surface area contributed by atoms with Crippen molar-refractivity contribution in [3.63, 3.8) is 0 Å². The number of hydrogen-bond donors (Lipinski definition) is 3. The van der Waals surface area contributed by atoms with Gasteiger partial charge in [0.05, 0.1) is 10.7 Å². The van der Waals surface area contributed by atoms with Gasteiger partial charge in [-0.2, -0.15) is 14.9 Å². The predicted octanol–water partition coefficient (Wildman–Crippen LogP) is 4.73. The molecule has 1 heterocycles. The third-order valence-electron chi connectivity index (χ3n) is 3.60. The van der Waals surface area contributed by atoms with E-state index in [2.05, 4.69) is 47.2 Å². The van der Waals surface area contributed by atoms with Crippen LogP contribution in [0.1, 0.15) is 11.1 Å². The highest BCUT2D eigenvalue weighted by molar-refractivity contribution is 9.11. The SMILES string of the molecule is Cc1c(Br)c(O)c(Br)c(O)c1/C=N\n1c(-c2ccccc2)n[nH]c1=S. The quantitative estimate of drug-likeness (QED) is 0.371. The topological polar surface area (TPSA) is 86.4 Å². The van der Waals surface area contributed by atoms with Gasteiger partial charge >= 0.3 is 0 Å². The molecule has 0 aliphatic rings. The Kier molecular flexibility index (Phi) is 5.07. The summed E-state index contributed by atoms with van der Waals surface area (Å²) >= 11 is 11.7. The molecular formula is C16H12Br2N4O2S. The fraction of sp³-hybridized carbons (Fsp3) is 0.0625. The van der Waals surface area contributed by atoms with E-state index in [1.54, 1.807) is 6.92 Å². The van der Waals surface area contributed by atoms with Gasteiger partial charge in [-0.3, -0.25) is 0 Å². The number of halogens is 2. The molecule has 0 bridgehead atoms. The highest BCUT2D eigenvalue weighted by Crippen LogP contribution is 2.43. The number of phenols is 2. The summed E-state index contributed by atoms with van der Waals surface area (Å²) < 4.78 is 2.45. The highest BCUT2D eigenvalue weighted by Gasteiger charge is 2.17. The van der Waals surface area contributed by atoms with Crippen LogP contribution in [-0.4, -0.2) is 31.3 Å². The van der Waals surface area contributed by atoms with Crippen molar-refractivity contribution in [2.24, 2.45) is 5.10 Å². The van der Waals surface area contributed by atoms with Crippen molar-refractivity contribution in [3.05, 3.63) is 55.2 Å². The molecule has 0 aliphatic heterocycles. The molecule has 3 aromatic rings. The van der Waals surface area contributed by atoms with Crippen LogP contribution >= 0.6 is 44.1 Å². The van der Waals surface area contributed by atoms with E-state index >= 15 is 0 Å². The number of H-pyrrole nitrogens is 1. The minimum atomic E-state index is -0.113. The summed E-state index contributed by atoms with van der Waals surface area (Å²) in [6.07, 6.45) is 1.47. The number of aromatic amines is 1. The van der Waals surface area contributed by atoms with E-state index in [1.165, 1.54) is 10.9 Å². The normalized spacial score (nSPS) is 11.3. The molecule has 25 heavy (non-hydrogen) atoms. The molecule has 3 N–H and O–H groups in total. The lowest BCUT2D eigenvalue weighted by atomic mass is 10.1. The van der Waals surface area contributed by atoms with Gasteiger partial charge in [0, 0.05) is 11.1 Å². The summed E-state index contributed by atoms with van der Waals surface area (Å²) in [6, 6.07) is 9.49. The lowest BCUT2D eigenvalue weighted by molar-refractivity contribution is 0.441. The maximum Gasteiger partial charge on any atom is 0.216 e. The number of nitrogens with one attached hydrogen (secondary N) is 1. The zero-order chi connectivity index (χ0) is 18.1. The summed E-state index contributed by atoms with van der Waals surface area (Å²) in [7, 11) is 0. The van der Waals surface area contributed by atoms with E-state index in [1.807, 2.05) is 30.3 Å². The lowest BCUT2D eigenvalue weighted by Gasteiger charge is -2.11. The van der Waals surface area contributed by atoms with Crippen molar-refractivity contribution in [2.75, 3.05) is 0 Å². The van der Waals surface area contributed by atoms with Crippen molar-refractivity contribution >= 4 is 50.3 Å². The molecule has 2 aromatic carbocycles. The van der Waals surface area contributed by atoms with Crippen LogP contribution < -0.4 is 0 Å². The van der Waals surface area contributed by atoms with Crippen LogP contribution in [0, 0.1) is 11.7 Å². The number of aromatic hydroxyl groups is 2. The Morgan fingerprint density at radius 2 is 1.84 bits per heavy atom. The monoisotopic (exact) mass is 482 g/mol. The van der Waals surface area contributed by atoms with E-state index < -0.39 is 0 Å². The minimum absolute atomic E-state index is 0.0722. The maximum atomic E-state index is 10.3. The average Bonchev–Trinajstić information content (AvgIpc) is 3.00. The summed E-state index contributed by atoms with van der Waals surface area (Å²) in [4.78, 5) is 0. The van der Waals surface area contributed by atoms with E-state index in [4.69, 9.17) is 12.2 Å². The standard InChI is InChI=1S/C16H12Br2N4O2S/c1-8-10(13(23)12(18)14(24)11(8)17)7-19-22-15(20-21-16(22)25)9-5-3-2-4-6-9/h2-7,23-24H,1H3,(H,21,25)/b19-7-. The summed E-state index contributed by atoms with van der Waals surface area (Å²) in [5.74, 6) is 0.367. The zero-order valence-corrected chi connectivity index (χ0v) is 16.9. The minimum Gasteiger partial charge on any atom is -0.506 e. The maximum absolute atomic E-state index is 10.3. The number of nitrogens with zero attached hydrogens (tertiary/aromatic N) is 3. The second-order valence-electron chi connectivity index (χ2n) is 5.14. The molecule has 0 unspecified atom stereocenters. The highest BCUT2D eigenvalue weighted by atomic mass is 79.9. The first kappa shape index (κ1) is 17.8. The Labute approximate surface area is 165 Å². The fourth-order valence-corrected chi connectivity index (χ4v) is 3.52. The molecule has 1 aromatic heterocycles. The molecule has 128 valence electrons. The smallest absolute Gasteiger partial charge is 0.216 e. The molecule has 0 saturated heterocycles. The fourth-order valence-electron chi connectivity index (χ4n) is 2.25. The molecule has 0 aliphatic carbocycles. The molecule has 3 rings (SSSR count). The van der Waals surface area contributed by atoms with E-state index in [9.17, 15) is 10.2 Å². The molecule has 0 saturated carbocycles. The first-order valence-corrected chi connectivity index (χ1v) is 9.08. The molecule has 0 fully saturated rings. The number of phenolic OH excluding ortho intramolecular Hbond substituents is 2. The third-order valence-corrected chi connectivity index (χ3v) is 5.58. The van der Waals surface area contributed by atoms with Gasteiger partial charge in [0.15, 0.2) is 5.82 Å². The van der Waals surface area contributed by atoms with Crippen molar-refractivity contribution in [2.45, 2.75) is 6.92 Å². The lowest BCUT2D eigenvalue weighted by Crippen LogP contribution is -1.97. The number of benzene rings is 2. The van der Waals surface area contributed by atoms with Crippen molar-refractivity contribution < 1.29 is 10.2 Å². The number of hydrogen-bond acceptors (Lipinski definition) is 5. The van der Waals surface area contributed by atoms with E-state index in [0.717, 1.165) is 5.56 Å². The third kappa shape index (κ3) is 3.26. The molecule has 0 amide bonds. The summed E-state index contributed by atoms with van der Waals surface area (Å²) in [5.41, 5.74) is 1.93. The first-order chi connectivity index (χ1) is 11.9. The van der Waals surface area contributed by atoms with Gasteiger partial charge in [0.1, 0.15) is 16.0 Å². The van der Waals surface area contributed by atoms with Crippen molar-refractivity contribution in [3.8, 4) is 22.9 Å². The van der Waals surface area contributed by atoms with Gasteiger partial charge in [0.25, 0.3) is 0 Å². The Bertz CT molecular complexity index is 1000. The first-order valence-electron chi connectivity index (χ1n) is 7.08. The number of aromatic nitrogens is 3. The molecular weight excluding hydrogens is 472 g/mol. The predicted molar refractivity (Wildman–Crippen MR) is 106 cm³/mol. The molecule has 0 radical (unpaired) electrons. The Morgan fingerprint density at radius 1 is 1.16 bits per heavy atom. The second-order valence-corrected chi connectivity index (χ2v) is 7.11. The second kappa shape index (κ2) is 7.11.